The van der Waals surface area contributed by atoms with Crippen molar-refractivity contribution in [2.24, 2.45) is 5.41 Å². The van der Waals surface area contributed by atoms with E-state index in [0.717, 1.165) is 19.6 Å². The SMILES string of the molecule is C/C=C/CCNC1CC(OCC)C12CCCC2. The number of rotatable bonds is 6. The molecule has 2 aliphatic rings. The van der Waals surface area contributed by atoms with Crippen LogP contribution < -0.4 is 5.32 Å². The van der Waals surface area contributed by atoms with Crippen LogP contribution in [0.2, 0.25) is 0 Å². The zero-order valence-corrected chi connectivity index (χ0v) is 11.4. The highest BCUT2D eigenvalue weighted by atomic mass is 16.5. The van der Waals surface area contributed by atoms with Crippen LogP contribution in [0.3, 0.4) is 0 Å². The summed E-state index contributed by atoms with van der Waals surface area (Å²) in [6.45, 7) is 6.20. The topological polar surface area (TPSA) is 21.3 Å². The fourth-order valence-corrected chi connectivity index (χ4v) is 3.68. The molecule has 17 heavy (non-hydrogen) atoms. The molecule has 1 spiro atoms. The summed E-state index contributed by atoms with van der Waals surface area (Å²) in [5.41, 5.74) is 0.492. The van der Waals surface area contributed by atoms with Gasteiger partial charge in [0.15, 0.2) is 0 Å². The van der Waals surface area contributed by atoms with Crippen molar-refractivity contribution in [3.8, 4) is 0 Å². The molecule has 0 heterocycles. The first-order chi connectivity index (χ1) is 8.33. The van der Waals surface area contributed by atoms with Crippen LogP contribution in [0.4, 0.5) is 0 Å². The van der Waals surface area contributed by atoms with Gasteiger partial charge in [0, 0.05) is 18.1 Å². The Morgan fingerprint density at radius 2 is 2.12 bits per heavy atom. The summed E-state index contributed by atoms with van der Waals surface area (Å²) in [7, 11) is 0. The first kappa shape index (κ1) is 13.1. The van der Waals surface area contributed by atoms with Crippen molar-refractivity contribution in [3.63, 3.8) is 0 Å². The van der Waals surface area contributed by atoms with Crippen LogP contribution in [-0.2, 0) is 4.74 Å². The minimum atomic E-state index is 0.492. The zero-order valence-electron chi connectivity index (χ0n) is 11.4. The van der Waals surface area contributed by atoms with E-state index in [4.69, 9.17) is 4.74 Å². The van der Waals surface area contributed by atoms with Gasteiger partial charge in [0.1, 0.15) is 0 Å². The first-order valence-corrected chi connectivity index (χ1v) is 7.29. The lowest BCUT2D eigenvalue weighted by Gasteiger charge is -2.54. The second kappa shape index (κ2) is 6.01. The minimum absolute atomic E-state index is 0.492. The van der Waals surface area contributed by atoms with E-state index in [1.54, 1.807) is 0 Å². The Bertz CT molecular complexity index is 256. The van der Waals surface area contributed by atoms with Crippen LogP contribution in [0.1, 0.15) is 52.4 Å². The van der Waals surface area contributed by atoms with Gasteiger partial charge in [0.25, 0.3) is 0 Å². The highest BCUT2D eigenvalue weighted by Gasteiger charge is 2.56. The summed E-state index contributed by atoms with van der Waals surface area (Å²) >= 11 is 0. The Balaban J connectivity index is 1.82. The quantitative estimate of drug-likeness (QED) is 0.565. The monoisotopic (exact) mass is 237 g/mol. The average molecular weight is 237 g/mol. The lowest BCUT2D eigenvalue weighted by Crippen LogP contribution is -2.62. The summed E-state index contributed by atoms with van der Waals surface area (Å²) in [6, 6.07) is 0.715. The lowest BCUT2D eigenvalue weighted by atomic mass is 9.60. The first-order valence-electron chi connectivity index (χ1n) is 7.29. The van der Waals surface area contributed by atoms with Gasteiger partial charge in [-0.3, -0.25) is 0 Å². The van der Waals surface area contributed by atoms with Crippen molar-refractivity contribution in [1.29, 1.82) is 0 Å². The Kier molecular flexibility index (Phi) is 4.63. The van der Waals surface area contributed by atoms with Crippen LogP contribution in [0.25, 0.3) is 0 Å². The molecular formula is C15H27NO. The second-order valence-corrected chi connectivity index (χ2v) is 5.48. The maximum atomic E-state index is 5.92. The van der Waals surface area contributed by atoms with Crippen LogP contribution in [0.15, 0.2) is 12.2 Å². The van der Waals surface area contributed by atoms with E-state index >= 15 is 0 Å². The summed E-state index contributed by atoms with van der Waals surface area (Å²) in [4.78, 5) is 0. The Labute approximate surface area is 106 Å². The molecule has 2 unspecified atom stereocenters. The molecule has 0 aliphatic heterocycles. The number of allylic oxidation sites excluding steroid dienone is 1. The van der Waals surface area contributed by atoms with E-state index in [9.17, 15) is 0 Å². The number of hydrogen-bond acceptors (Lipinski definition) is 2. The standard InChI is InChI=1S/C15H27NO/c1-3-5-8-11-16-13-12-14(17-4-2)15(13)9-6-7-10-15/h3,5,13-14,16H,4,6-12H2,1-2H3/b5-3+. The van der Waals surface area contributed by atoms with Gasteiger partial charge >= 0.3 is 0 Å². The predicted octanol–water partition coefficient (Wildman–Crippen LogP) is 3.28. The molecule has 2 fully saturated rings. The summed E-state index contributed by atoms with van der Waals surface area (Å²) in [6.07, 6.45) is 12.8. The Morgan fingerprint density at radius 3 is 2.76 bits per heavy atom. The molecule has 2 rings (SSSR count). The maximum Gasteiger partial charge on any atom is 0.0661 e. The van der Waals surface area contributed by atoms with Crippen molar-refractivity contribution in [1.82, 2.24) is 5.32 Å². The molecule has 2 aliphatic carbocycles. The van der Waals surface area contributed by atoms with Gasteiger partial charge in [-0.15, -0.1) is 0 Å². The Morgan fingerprint density at radius 1 is 1.35 bits per heavy atom. The molecule has 0 radical (unpaired) electrons. The molecule has 0 saturated heterocycles. The van der Waals surface area contributed by atoms with E-state index in [2.05, 4.69) is 31.3 Å². The normalized spacial score (nSPS) is 31.2. The molecular weight excluding hydrogens is 210 g/mol. The maximum absolute atomic E-state index is 5.92. The van der Waals surface area contributed by atoms with Gasteiger partial charge in [0.2, 0.25) is 0 Å². The van der Waals surface area contributed by atoms with Crippen molar-refractivity contribution in [2.45, 2.75) is 64.5 Å². The van der Waals surface area contributed by atoms with E-state index in [1.165, 1.54) is 32.1 Å². The van der Waals surface area contributed by atoms with Gasteiger partial charge in [0.05, 0.1) is 6.10 Å². The molecule has 0 aromatic heterocycles. The largest absolute Gasteiger partial charge is 0.378 e. The van der Waals surface area contributed by atoms with Crippen molar-refractivity contribution < 1.29 is 4.74 Å². The Hall–Kier alpha value is -0.340. The lowest BCUT2D eigenvalue weighted by molar-refractivity contribution is -0.130. The average Bonchev–Trinajstić information content (AvgIpc) is 2.84. The van der Waals surface area contributed by atoms with Gasteiger partial charge in [-0.1, -0.05) is 25.0 Å². The van der Waals surface area contributed by atoms with Gasteiger partial charge < -0.3 is 10.1 Å². The smallest absolute Gasteiger partial charge is 0.0661 e. The van der Waals surface area contributed by atoms with Crippen molar-refractivity contribution >= 4 is 0 Å². The fraction of sp³-hybridized carbons (Fsp3) is 0.867. The highest BCUT2D eigenvalue weighted by Crippen LogP contribution is 2.54. The molecule has 2 saturated carbocycles. The zero-order chi connectivity index (χ0) is 12.1. The number of hydrogen-bond donors (Lipinski definition) is 1. The molecule has 0 bridgehead atoms. The van der Waals surface area contributed by atoms with E-state index in [1.807, 2.05) is 0 Å². The van der Waals surface area contributed by atoms with Crippen LogP contribution in [0.5, 0.6) is 0 Å². The fourth-order valence-electron chi connectivity index (χ4n) is 3.68. The van der Waals surface area contributed by atoms with Gasteiger partial charge in [-0.2, -0.15) is 0 Å². The van der Waals surface area contributed by atoms with Crippen molar-refractivity contribution in [3.05, 3.63) is 12.2 Å². The van der Waals surface area contributed by atoms with Crippen LogP contribution in [-0.4, -0.2) is 25.3 Å². The summed E-state index contributed by atoms with van der Waals surface area (Å²) < 4.78 is 5.92. The van der Waals surface area contributed by atoms with Gasteiger partial charge in [-0.25, -0.2) is 0 Å². The van der Waals surface area contributed by atoms with Gasteiger partial charge in [-0.05, 0) is 46.1 Å². The van der Waals surface area contributed by atoms with E-state index in [0.29, 0.717) is 17.6 Å². The predicted molar refractivity (Wildman–Crippen MR) is 72.2 cm³/mol. The number of ether oxygens (including phenoxy) is 1. The molecule has 0 aromatic carbocycles. The molecule has 2 heteroatoms. The van der Waals surface area contributed by atoms with Crippen molar-refractivity contribution in [2.75, 3.05) is 13.2 Å². The molecule has 2 nitrogen and oxygen atoms in total. The van der Waals surface area contributed by atoms with Crippen LogP contribution in [0, 0.1) is 5.41 Å². The summed E-state index contributed by atoms with van der Waals surface area (Å²) in [5, 5.41) is 3.74. The molecule has 98 valence electrons. The molecule has 1 N–H and O–H groups in total. The molecule has 2 atom stereocenters. The second-order valence-electron chi connectivity index (χ2n) is 5.48. The van der Waals surface area contributed by atoms with E-state index < -0.39 is 0 Å². The van der Waals surface area contributed by atoms with E-state index in [-0.39, 0.29) is 0 Å². The molecule has 0 amide bonds. The number of nitrogens with one attached hydrogen (secondary N) is 1. The molecule has 0 aromatic rings. The summed E-state index contributed by atoms with van der Waals surface area (Å²) in [5.74, 6) is 0. The minimum Gasteiger partial charge on any atom is -0.378 e. The third-order valence-corrected chi connectivity index (χ3v) is 4.62. The highest BCUT2D eigenvalue weighted by molar-refractivity contribution is 5.10. The third-order valence-electron chi connectivity index (χ3n) is 4.62. The third kappa shape index (κ3) is 2.58. The van der Waals surface area contributed by atoms with Crippen LogP contribution >= 0.6 is 0 Å².